The fourth-order valence-corrected chi connectivity index (χ4v) is 1.07. The maximum absolute atomic E-state index is 10.4. The van der Waals surface area contributed by atoms with E-state index in [0.29, 0.717) is 6.61 Å². The van der Waals surface area contributed by atoms with E-state index < -0.39 is 0 Å². The predicted molar refractivity (Wildman–Crippen MR) is 59.1 cm³/mol. The molecule has 0 radical (unpaired) electrons. The summed E-state index contributed by atoms with van der Waals surface area (Å²) in [4.78, 5) is 10.4. The molecule has 14 heavy (non-hydrogen) atoms. The summed E-state index contributed by atoms with van der Waals surface area (Å²) in [5, 5.41) is 0. The predicted octanol–water partition coefficient (Wildman–Crippen LogP) is 3.32. The van der Waals surface area contributed by atoms with Crippen LogP contribution in [0.25, 0.3) is 0 Å². The summed E-state index contributed by atoms with van der Waals surface area (Å²) < 4.78 is 4.82. The largest absolute Gasteiger partial charge is 0.466 e. The van der Waals surface area contributed by atoms with Crippen molar-refractivity contribution in [1.29, 1.82) is 0 Å². The Kier molecular flexibility index (Phi) is 8.30. The van der Waals surface area contributed by atoms with Crippen LogP contribution in [0.15, 0.2) is 12.2 Å². The van der Waals surface area contributed by atoms with Crippen molar-refractivity contribution in [2.75, 3.05) is 6.61 Å². The highest BCUT2D eigenvalue weighted by Crippen LogP contribution is 2.03. The van der Waals surface area contributed by atoms with Crippen molar-refractivity contribution in [2.24, 2.45) is 5.92 Å². The first-order valence-corrected chi connectivity index (χ1v) is 5.41. The van der Waals surface area contributed by atoms with Gasteiger partial charge in [0.05, 0.1) is 6.61 Å². The van der Waals surface area contributed by atoms with Crippen LogP contribution in [0, 0.1) is 5.92 Å². The molecule has 82 valence electrons. The highest BCUT2D eigenvalue weighted by molar-refractivity contribution is 5.65. The minimum Gasteiger partial charge on any atom is -0.466 e. The molecule has 0 aromatic carbocycles. The van der Waals surface area contributed by atoms with Gasteiger partial charge in [-0.3, -0.25) is 4.79 Å². The van der Waals surface area contributed by atoms with E-state index in [9.17, 15) is 4.79 Å². The third-order valence-electron chi connectivity index (χ3n) is 1.84. The molecule has 0 fully saturated rings. The van der Waals surface area contributed by atoms with Gasteiger partial charge in [0.25, 0.3) is 0 Å². The molecule has 0 aromatic rings. The second-order valence-corrected chi connectivity index (χ2v) is 3.94. The van der Waals surface area contributed by atoms with Crippen LogP contribution in [0.2, 0.25) is 0 Å². The van der Waals surface area contributed by atoms with Crippen molar-refractivity contribution >= 4 is 5.97 Å². The SMILES string of the molecule is CC(=O)OCCCCC=CCC(C)C. The summed E-state index contributed by atoms with van der Waals surface area (Å²) in [6.07, 6.45) is 8.76. The Bertz CT molecular complexity index is 171. The standard InChI is InChI=1S/C12H22O2/c1-11(2)9-7-5-4-6-8-10-14-12(3)13/h5,7,11H,4,6,8-10H2,1-3H3. The van der Waals surface area contributed by atoms with Gasteiger partial charge in [-0.2, -0.15) is 0 Å². The summed E-state index contributed by atoms with van der Waals surface area (Å²) in [5.74, 6) is 0.563. The molecule has 0 rings (SSSR count). The second-order valence-electron chi connectivity index (χ2n) is 3.94. The normalized spacial score (nSPS) is 11.1. The number of esters is 1. The number of hydrogen-bond donors (Lipinski definition) is 0. The van der Waals surface area contributed by atoms with Gasteiger partial charge in [0.2, 0.25) is 0 Å². The molecule has 0 N–H and O–H groups in total. The zero-order chi connectivity index (χ0) is 10.8. The van der Waals surface area contributed by atoms with Gasteiger partial charge in [0.1, 0.15) is 0 Å². The van der Waals surface area contributed by atoms with Crippen molar-refractivity contribution in [3.63, 3.8) is 0 Å². The summed E-state index contributed by atoms with van der Waals surface area (Å²) >= 11 is 0. The highest BCUT2D eigenvalue weighted by Gasteiger charge is 1.91. The van der Waals surface area contributed by atoms with Crippen LogP contribution in [-0.4, -0.2) is 12.6 Å². The van der Waals surface area contributed by atoms with Crippen molar-refractivity contribution in [3.8, 4) is 0 Å². The first-order valence-electron chi connectivity index (χ1n) is 5.41. The number of carbonyl (C=O) groups excluding carboxylic acids is 1. The molecular formula is C12H22O2. The molecule has 0 atom stereocenters. The molecule has 0 spiro atoms. The summed E-state index contributed by atoms with van der Waals surface area (Å²) in [6, 6.07) is 0. The Labute approximate surface area is 87.3 Å². The Morgan fingerprint density at radius 3 is 2.57 bits per heavy atom. The average molecular weight is 198 g/mol. The molecule has 0 aliphatic carbocycles. The smallest absolute Gasteiger partial charge is 0.302 e. The molecule has 0 saturated heterocycles. The summed E-state index contributed by atoms with van der Waals surface area (Å²) in [6.45, 7) is 6.44. The third kappa shape index (κ3) is 11.2. The minimum atomic E-state index is -0.180. The van der Waals surface area contributed by atoms with E-state index in [0.717, 1.165) is 31.6 Å². The molecule has 0 aliphatic heterocycles. The van der Waals surface area contributed by atoms with Gasteiger partial charge in [0.15, 0.2) is 0 Å². The lowest BCUT2D eigenvalue weighted by molar-refractivity contribution is -0.141. The van der Waals surface area contributed by atoms with Crippen molar-refractivity contribution in [2.45, 2.75) is 46.5 Å². The quantitative estimate of drug-likeness (QED) is 0.356. The van der Waals surface area contributed by atoms with Crippen molar-refractivity contribution in [1.82, 2.24) is 0 Å². The van der Waals surface area contributed by atoms with Crippen LogP contribution in [0.3, 0.4) is 0 Å². The van der Waals surface area contributed by atoms with Crippen LogP contribution in [0.4, 0.5) is 0 Å². The monoisotopic (exact) mass is 198 g/mol. The molecule has 0 amide bonds. The Hall–Kier alpha value is -0.790. The Balaban J connectivity index is 3.13. The lowest BCUT2D eigenvalue weighted by atomic mass is 10.1. The number of rotatable bonds is 7. The first-order chi connectivity index (χ1) is 6.63. The van der Waals surface area contributed by atoms with E-state index in [-0.39, 0.29) is 5.97 Å². The van der Waals surface area contributed by atoms with Gasteiger partial charge in [0, 0.05) is 6.92 Å². The van der Waals surface area contributed by atoms with E-state index in [2.05, 4.69) is 26.0 Å². The molecule has 0 unspecified atom stereocenters. The Morgan fingerprint density at radius 2 is 2.00 bits per heavy atom. The summed E-state index contributed by atoms with van der Waals surface area (Å²) in [5.41, 5.74) is 0. The number of carbonyl (C=O) groups is 1. The topological polar surface area (TPSA) is 26.3 Å². The van der Waals surface area contributed by atoms with Gasteiger partial charge in [-0.15, -0.1) is 0 Å². The van der Waals surface area contributed by atoms with Gasteiger partial charge >= 0.3 is 5.97 Å². The minimum absolute atomic E-state index is 0.180. The molecular weight excluding hydrogens is 176 g/mol. The lowest BCUT2D eigenvalue weighted by Crippen LogP contribution is -1.99. The van der Waals surface area contributed by atoms with E-state index in [1.54, 1.807) is 0 Å². The first kappa shape index (κ1) is 13.2. The maximum Gasteiger partial charge on any atom is 0.302 e. The average Bonchev–Trinajstić information content (AvgIpc) is 2.08. The van der Waals surface area contributed by atoms with Crippen molar-refractivity contribution < 1.29 is 9.53 Å². The van der Waals surface area contributed by atoms with E-state index in [4.69, 9.17) is 4.74 Å². The lowest BCUT2D eigenvalue weighted by Gasteiger charge is -2.00. The van der Waals surface area contributed by atoms with E-state index in [1.807, 2.05) is 0 Å². The molecule has 0 saturated carbocycles. The third-order valence-corrected chi connectivity index (χ3v) is 1.84. The zero-order valence-electron chi connectivity index (χ0n) is 9.58. The fraction of sp³-hybridized carbons (Fsp3) is 0.750. The van der Waals surface area contributed by atoms with Gasteiger partial charge < -0.3 is 4.74 Å². The zero-order valence-corrected chi connectivity index (χ0v) is 9.58. The maximum atomic E-state index is 10.4. The molecule has 0 aromatic heterocycles. The van der Waals surface area contributed by atoms with Gasteiger partial charge in [-0.1, -0.05) is 26.0 Å². The van der Waals surface area contributed by atoms with E-state index in [1.165, 1.54) is 6.92 Å². The number of hydrogen-bond acceptors (Lipinski definition) is 2. The van der Waals surface area contributed by atoms with Crippen LogP contribution >= 0.6 is 0 Å². The molecule has 0 bridgehead atoms. The number of unbranched alkanes of at least 4 members (excludes halogenated alkanes) is 2. The van der Waals surface area contributed by atoms with Crippen LogP contribution < -0.4 is 0 Å². The molecule has 0 aliphatic rings. The van der Waals surface area contributed by atoms with Gasteiger partial charge in [-0.05, 0) is 31.6 Å². The van der Waals surface area contributed by atoms with Crippen LogP contribution in [0.1, 0.15) is 46.5 Å². The van der Waals surface area contributed by atoms with Crippen molar-refractivity contribution in [3.05, 3.63) is 12.2 Å². The summed E-state index contributed by atoms with van der Waals surface area (Å²) in [7, 11) is 0. The van der Waals surface area contributed by atoms with Crippen LogP contribution in [-0.2, 0) is 9.53 Å². The fourth-order valence-electron chi connectivity index (χ4n) is 1.07. The van der Waals surface area contributed by atoms with Crippen LogP contribution in [0.5, 0.6) is 0 Å². The highest BCUT2D eigenvalue weighted by atomic mass is 16.5. The van der Waals surface area contributed by atoms with E-state index >= 15 is 0 Å². The number of allylic oxidation sites excluding steroid dienone is 2. The molecule has 2 heteroatoms. The molecule has 0 heterocycles. The van der Waals surface area contributed by atoms with Gasteiger partial charge in [-0.25, -0.2) is 0 Å². The molecule has 2 nitrogen and oxygen atoms in total. The Morgan fingerprint density at radius 1 is 1.29 bits per heavy atom. The second kappa shape index (κ2) is 8.79. The number of ether oxygens (including phenoxy) is 1.